The van der Waals surface area contributed by atoms with Gasteiger partial charge in [0.1, 0.15) is 0 Å². The molecule has 1 heterocycles. The average molecular weight is 267 g/mol. The highest BCUT2D eigenvalue weighted by atomic mass is 32.1. The van der Waals surface area contributed by atoms with Crippen LogP contribution in [0, 0.1) is 5.82 Å². The number of rotatable bonds is 4. The van der Waals surface area contributed by atoms with Crippen molar-refractivity contribution in [2.24, 2.45) is 0 Å². The van der Waals surface area contributed by atoms with Gasteiger partial charge in [0.15, 0.2) is 11.6 Å². The van der Waals surface area contributed by atoms with Crippen LogP contribution in [0.15, 0.2) is 29.8 Å². The van der Waals surface area contributed by atoms with Crippen molar-refractivity contribution < 1.29 is 18.7 Å². The maximum absolute atomic E-state index is 13.7. The van der Waals surface area contributed by atoms with Crippen LogP contribution < -0.4 is 4.74 Å². The fourth-order valence-corrected chi connectivity index (χ4v) is 1.78. The fourth-order valence-electron chi connectivity index (χ4n) is 1.28. The summed E-state index contributed by atoms with van der Waals surface area (Å²) in [5.41, 5.74) is 0.154. The van der Waals surface area contributed by atoms with E-state index in [0.29, 0.717) is 5.19 Å². The van der Waals surface area contributed by atoms with E-state index in [4.69, 9.17) is 9.47 Å². The molecule has 1 aromatic heterocycles. The van der Waals surface area contributed by atoms with Crippen LogP contribution in [0.2, 0.25) is 0 Å². The van der Waals surface area contributed by atoms with E-state index in [0.717, 1.165) is 6.07 Å². The lowest BCUT2D eigenvalue weighted by molar-refractivity contribution is 0.0526. The number of carbonyl (C=O) groups is 1. The third-order valence-electron chi connectivity index (χ3n) is 2.05. The van der Waals surface area contributed by atoms with Gasteiger partial charge >= 0.3 is 5.97 Å². The number of carbonyl (C=O) groups excluding carboxylic acids is 1. The second-order valence-corrected chi connectivity index (χ2v) is 4.12. The minimum Gasteiger partial charge on any atom is -0.462 e. The van der Waals surface area contributed by atoms with Gasteiger partial charge in [0.25, 0.3) is 5.19 Å². The SMILES string of the molecule is CCOC(=O)c1ccc(Oc2nccs2)c(F)c1. The summed E-state index contributed by atoms with van der Waals surface area (Å²) < 4.78 is 23.7. The molecule has 0 aliphatic rings. The predicted molar refractivity (Wildman–Crippen MR) is 64.5 cm³/mol. The van der Waals surface area contributed by atoms with E-state index >= 15 is 0 Å². The highest BCUT2D eigenvalue weighted by Gasteiger charge is 2.12. The highest BCUT2D eigenvalue weighted by molar-refractivity contribution is 7.11. The molecule has 0 aliphatic carbocycles. The quantitative estimate of drug-likeness (QED) is 0.798. The Morgan fingerprint density at radius 2 is 2.33 bits per heavy atom. The maximum atomic E-state index is 13.7. The Hall–Kier alpha value is -1.95. The van der Waals surface area contributed by atoms with Crippen molar-refractivity contribution in [2.75, 3.05) is 6.61 Å². The van der Waals surface area contributed by atoms with Crippen molar-refractivity contribution in [3.05, 3.63) is 41.2 Å². The van der Waals surface area contributed by atoms with E-state index in [1.165, 1.54) is 23.5 Å². The Labute approximate surface area is 107 Å². The monoisotopic (exact) mass is 267 g/mol. The Morgan fingerprint density at radius 3 is 2.94 bits per heavy atom. The van der Waals surface area contributed by atoms with Crippen LogP contribution in [0.25, 0.3) is 0 Å². The largest absolute Gasteiger partial charge is 0.462 e. The van der Waals surface area contributed by atoms with Gasteiger partial charge in [0.05, 0.1) is 12.2 Å². The molecule has 18 heavy (non-hydrogen) atoms. The number of thiazole rings is 1. The summed E-state index contributed by atoms with van der Waals surface area (Å²) in [5, 5.41) is 2.07. The molecule has 0 amide bonds. The molecular formula is C12H10FNO3S. The Morgan fingerprint density at radius 1 is 1.50 bits per heavy atom. The molecule has 0 unspecified atom stereocenters. The van der Waals surface area contributed by atoms with Gasteiger partial charge in [-0.1, -0.05) is 11.3 Å². The zero-order valence-electron chi connectivity index (χ0n) is 9.55. The van der Waals surface area contributed by atoms with Gasteiger partial charge in [-0.2, -0.15) is 0 Å². The molecular weight excluding hydrogens is 257 g/mol. The topological polar surface area (TPSA) is 48.4 Å². The van der Waals surface area contributed by atoms with Crippen molar-refractivity contribution in [1.82, 2.24) is 4.98 Å². The third-order valence-corrected chi connectivity index (χ3v) is 2.70. The van der Waals surface area contributed by atoms with E-state index in [9.17, 15) is 9.18 Å². The molecule has 2 aromatic rings. The van der Waals surface area contributed by atoms with Gasteiger partial charge in [0.2, 0.25) is 0 Å². The molecule has 2 rings (SSSR count). The van der Waals surface area contributed by atoms with E-state index in [2.05, 4.69) is 4.98 Å². The van der Waals surface area contributed by atoms with Crippen LogP contribution in [0.5, 0.6) is 10.9 Å². The van der Waals surface area contributed by atoms with E-state index in [-0.39, 0.29) is 17.9 Å². The Bertz CT molecular complexity index is 542. The molecule has 94 valence electrons. The molecule has 0 spiro atoms. The van der Waals surface area contributed by atoms with Gasteiger partial charge in [-0.05, 0) is 25.1 Å². The number of hydrogen-bond donors (Lipinski definition) is 0. The van der Waals surface area contributed by atoms with Crippen molar-refractivity contribution in [1.29, 1.82) is 0 Å². The molecule has 0 bridgehead atoms. The molecule has 6 heteroatoms. The number of ether oxygens (including phenoxy) is 2. The van der Waals surface area contributed by atoms with Crippen LogP contribution in [0.4, 0.5) is 4.39 Å². The summed E-state index contributed by atoms with van der Waals surface area (Å²) in [6.07, 6.45) is 1.56. The smallest absolute Gasteiger partial charge is 0.338 e. The maximum Gasteiger partial charge on any atom is 0.338 e. The molecule has 0 saturated carbocycles. The normalized spacial score (nSPS) is 10.1. The van der Waals surface area contributed by atoms with E-state index < -0.39 is 11.8 Å². The average Bonchev–Trinajstić information content (AvgIpc) is 2.85. The van der Waals surface area contributed by atoms with Crippen molar-refractivity contribution in [2.45, 2.75) is 6.92 Å². The van der Waals surface area contributed by atoms with Gasteiger partial charge in [-0.3, -0.25) is 0 Å². The van der Waals surface area contributed by atoms with Gasteiger partial charge in [-0.25, -0.2) is 14.2 Å². The fraction of sp³-hybridized carbons (Fsp3) is 0.167. The molecule has 4 nitrogen and oxygen atoms in total. The number of halogens is 1. The molecule has 0 saturated heterocycles. The van der Waals surface area contributed by atoms with Crippen LogP contribution in [-0.4, -0.2) is 17.6 Å². The van der Waals surface area contributed by atoms with Crippen molar-refractivity contribution in [3.63, 3.8) is 0 Å². The Kier molecular flexibility index (Phi) is 3.88. The number of hydrogen-bond acceptors (Lipinski definition) is 5. The van der Waals surface area contributed by atoms with Crippen LogP contribution in [0.3, 0.4) is 0 Å². The van der Waals surface area contributed by atoms with Crippen LogP contribution >= 0.6 is 11.3 Å². The van der Waals surface area contributed by atoms with E-state index in [1.54, 1.807) is 18.5 Å². The summed E-state index contributed by atoms with van der Waals surface area (Å²) in [7, 11) is 0. The van der Waals surface area contributed by atoms with Gasteiger partial charge in [0, 0.05) is 11.6 Å². The lowest BCUT2D eigenvalue weighted by Gasteiger charge is -2.05. The van der Waals surface area contributed by atoms with Crippen LogP contribution in [-0.2, 0) is 4.74 Å². The first-order chi connectivity index (χ1) is 8.70. The highest BCUT2D eigenvalue weighted by Crippen LogP contribution is 2.26. The summed E-state index contributed by atoms with van der Waals surface area (Å²) in [4.78, 5) is 15.3. The predicted octanol–water partition coefficient (Wildman–Crippen LogP) is 3.25. The molecule has 0 fully saturated rings. The number of aromatic nitrogens is 1. The summed E-state index contributed by atoms with van der Waals surface area (Å²) in [6.45, 7) is 1.94. The first-order valence-corrected chi connectivity index (χ1v) is 6.12. The lowest BCUT2D eigenvalue weighted by Crippen LogP contribution is -2.05. The molecule has 0 radical (unpaired) electrons. The van der Waals surface area contributed by atoms with E-state index in [1.807, 2.05) is 0 Å². The molecule has 1 aromatic carbocycles. The van der Waals surface area contributed by atoms with Gasteiger partial charge in [-0.15, -0.1) is 0 Å². The second-order valence-electron chi connectivity index (χ2n) is 3.27. The summed E-state index contributed by atoms with van der Waals surface area (Å²) in [6, 6.07) is 3.91. The summed E-state index contributed by atoms with van der Waals surface area (Å²) in [5.74, 6) is -1.16. The number of esters is 1. The molecule has 0 N–H and O–H groups in total. The van der Waals surface area contributed by atoms with Crippen molar-refractivity contribution >= 4 is 17.3 Å². The van der Waals surface area contributed by atoms with Crippen LogP contribution in [0.1, 0.15) is 17.3 Å². The molecule has 0 atom stereocenters. The minimum atomic E-state index is -0.629. The zero-order valence-corrected chi connectivity index (χ0v) is 10.4. The minimum absolute atomic E-state index is 0.0259. The van der Waals surface area contributed by atoms with Crippen molar-refractivity contribution in [3.8, 4) is 10.9 Å². The first-order valence-electron chi connectivity index (χ1n) is 5.24. The molecule has 0 aliphatic heterocycles. The lowest BCUT2D eigenvalue weighted by atomic mass is 10.2. The number of benzene rings is 1. The third kappa shape index (κ3) is 2.84. The number of nitrogens with zero attached hydrogens (tertiary/aromatic N) is 1. The standard InChI is InChI=1S/C12H10FNO3S/c1-2-16-11(15)8-3-4-10(9(13)7-8)17-12-14-5-6-18-12/h3-7H,2H2,1H3. The zero-order chi connectivity index (χ0) is 13.0. The second kappa shape index (κ2) is 5.59. The van der Waals surface area contributed by atoms with Gasteiger partial charge < -0.3 is 9.47 Å². The Balaban J connectivity index is 2.17. The first kappa shape index (κ1) is 12.5. The summed E-state index contributed by atoms with van der Waals surface area (Å²) >= 11 is 1.25.